The third kappa shape index (κ3) is 1.21. The highest BCUT2D eigenvalue weighted by molar-refractivity contribution is 7.15. The largest absolute Gasteiger partial charge is 0.336 e. The summed E-state index contributed by atoms with van der Waals surface area (Å²) < 4.78 is 2.74. The van der Waals surface area contributed by atoms with E-state index in [1.54, 1.807) is 11.6 Å². The molecule has 2 heterocycles. The van der Waals surface area contributed by atoms with Gasteiger partial charge in [0.1, 0.15) is 4.83 Å². The van der Waals surface area contributed by atoms with Crippen molar-refractivity contribution in [3.63, 3.8) is 0 Å². The van der Waals surface area contributed by atoms with Crippen LogP contribution in [0.25, 0.3) is 4.83 Å². The van der Waals surface area contributed by atoms with Gasteiger partial charge < -0.3 is 0 Å². The van der Waals surface area contributed by atoms with Gasteiger partial charge in [0, 0.05) is 23.7 Å². The van der Waals surface area contributed by atoms with Crippen LogP contribution in [-0.2, 0) is 0 Å². The molecule has 14 heavy (non-hydrogen) atoms. The summed E-state index contributed by atoms with van der Waals surface area (Å²) >= 11 is 1.39. The van der Waals surface area contributed by atoms with Crippen molar-refractivity contribution in [2.45, 2.75) is 19.9 Å². The van der Waals surface area contributed by atoms with E-state index in [1.807, 2.05) is 13.8 Å². The Labute approximate surface area is 84.0 Å². The van der Waals surface area contributed by atoms with Crippen LogP contribution in [0.2, 0.25) is 0 Å². The Balaban J connectivity index is 2.97. The summed E-state index contributed by atoms with van der Waals surface area (Å²) in [7, 11) is 0. The second-order valence-corrected chi connectivity index (χ2v) is 4.27. The Morgan fingerprint density at radius 2 is 2.07 bits per heavy atom. The Kier molecular flexibility index (Phi) is 2.03. The Hall–Kier alpha value is -1.36. The molecule has 0 atom stereocenters. The fourth-order valence-corrected chi connectivity index (χ4v) is 2.16. The number of hydrogen-bond donors (Lipinski definition) is 0. The number of fused-ring (bicyclic) bond motifs is 1. The first-order chi connectivity index (χ1) is 6.61. The third-order valence-corrected chi connectivity index (χ3v) is 2.86. The van der Waals surface area contributed by atoms with Gasteiger partial charge in [0.25, 0.3) is 5.56 Å². The van der Waals surface area contributed by atoms with Crippen LogP contribution >= 0.6 is 11.3 Å². The number of hydrogen-bond acceptors (Lipinski definition) is 3. The molecule has 0 N–H and O–H groups in total. The first-order valence-corrected chi connectivity index (χ1v) is 5.20. The smallest absolute Gasteiger partial charge is 0.269 e. The van der Waals surface area contributed by atoms with E-state index in [9.17, 15) is 9.59 Å². The zero-order chi connectivity index (χ0) is 10.3. The molecule has 2 rings (SSSR count). The molecule has 0 spiro atoms. The van der Waals surface area contributed by atoms with Crippen LogP contribution in [0.15, 0.2) is 27.2 Å². The van der Waals surface area contributed by atoms with E-state index in [2.05, 4.69) is 0 Å². The van der Waals surface area contributed by atoms with Gasteiger partial charge in [-0.2, -0.15) is 0 Å². The van der Waals surface area contributed by atoms with Gasteiger partial charge in [-0.15, -0.1) is 11.3 Å². The van der Waals surface area contributed by atoms with Crippen molar-refractivity contribution >= 4 is 16.2 Å². The molecular weight excluding hydrogens is 200 g/mol. The highest BCUT2D eigenvalue weighted by atomic mass is 32.1. The standard InChI is InChI=1S/C9H10N2O2S/c1-6(2)11-7(12)5-8-10(9(11)13)3-4-14-8/h3-6H,1-2H3. The maximum absolute atomic E-state index is 11.8. The Morgan fingerprint density at radius 1 is 1.36 bits per heavy atom. The molecule has 0 aliphatic carbocycles. The second kappa shape index (κ2) is 3.09. The lowest BCUT2D eigenvalue weighted by molar-refractivity contribution is 0.542. The summed E-state index contributed by atoms with van der Waals surface area (Å²) in [5, 5.41) is 1.79. The van der Waals surface area contributed by atoms with Crippen LogP contribution < -0.4 is 11.2 Å². The maximum Gasteiger partial charge on any atom is 0.336 e. The summed E-state index contributed by atoms with van der Waals surface area (Å²) in [6.07, 6.45) is 1.68. The summed E-state index contributed by atoms with van der Waals surface area (Å²) in [6.45, 7) is 3.64. The molecule has 5 heteroatoms. The molecule has 0 fully saturated rings. The van der Waals surface area contributed by atoms with Crippen LogP contribution in [0.1, 0.15) is 19.9 Å². The summed E-state index contributed by atoms with van der Waals surface area (Å²) in [5.41, 5.74) is -0.490. The van der Waals surface area contributed by atoms with Crippen LogP contribution in [0.3, 0.4) is 0 Å². The summed E-state index contributed by atoms with van der Waals surface area (Å²) in [4.78, 5) is 24.0. The molecule has 0 unspecified atom stereocenters. The van der Waals surface area contributed by atoms with Gasteiger partial charge in [-0.3, -0.25) is 13.8 Å². The number of rotatable bonds is 1. The van der Waals surface area contributed by atoms with Crippen molar-refractivity contribution < 1.29 is 0 Å². The fraction of sp³-hybridized carbons (Fsp3) is 0.333. The van der Waals surface area contributed by atoms with E-state index < -0.39 is 0 Å². The number of nitrogens with zero attached hydrogens (tertiary/aromatic N) is 2. The van der Waals surface area contributed by atoms with Crippen molar-refractivity contribution in [2.24, 2.45) is 0 Å². The molecule has 0 saturated heterocycles. The maximum atomic E-state index is 11.8. The topological polar surface area (TPSA) is 43.5 Å². The second-order valence-electron chi connectivity index (χ2n) is 3.34. The molecule has 2 aromatic rings. The molecule has 0 aliphatic rings. The predicted molar refractivity (Wildman–Crippen MR) is 56.2 cm³/mol. The van der Waals surface area contributed by atoms with Crippen molar-refractivity contribution in [1.29, 1.82) is 0 Å². The number of aromatic nitrogens is 2. The lowest BCUT2D eigenvalue weighted by Crippen LogP contribution is -2.37. The lowest BCUT2D eigenvalue weighted by Gasteiger charge is -2.07. The normalized spacial score (nSPS) is 11.4. The van der Waals surface area contributed by atoms with Crippen LogP contribution in [0.4, 0.5) is 0 Å². The van der Waals surface area contributed by atoms with Gasteiger partial charge in [-0.05, 0) is 13.8 Å². The molecule has 2 aromatic heterocycles. The lowest BCUT2D eigenvalue weighted by atomic mass is 10.4. The van der Waals surface area contributed by atoms with E-state index >= 15 is 0 Å². The van der Waals surface area contributed by atoms with Gasteiger partial charge >= 0.3 is 5.69 Å². The van der Waals surface area contributed by atoms with E-state index in [-0.39, 0.29) is 17.3 Å². The molecule has 0 bridgehead atoms. The van der Waals surface area contributed by atoms with Gasteiger partial charge in [-0.25, -0.2) is 4.79 Å². The van der Waals surface area contributed by atoms with Crippen LogP contribution in [0.5, 0.6) is 0 Å². The fourth-order valence-electron chi connectivity index (χ4n) is 1.41. The van der Waals surface area contributed by atoms with E-state index in [4.69, 9.17) is 0 Å². The van der Waals surface area contributed by atoms with E-state index in [0.717, 1.165) is 0 Å². The van der Waals surface area contributed by atoms with E-state index in [0.29, 0.717) is 4.83 Å². The number of thiazole rings is 1. The Bertz CT molecular complexity index is 576. The molecule has 0 aliphatic heterocycles. The first-order valence-electron chi connectivity index (χ1n) is 4.32. The van der Waals surface area contributed by atoms with E-state index in [1.165, 1.54) is 26.4 Å². The van der Waals surface area contributed by atoms with Gasteiger partial charge in [-0.1, -0.05) is 0 Å². The average molecular weight is 210 g/mol. The molecule has 74 valence electrons. The minimum absolute atomic E-state index is 0.105. The molecule has 0 amide bonds. The van der Waals surface area contributed by atoms with Gasteiger partial charge in [0.05, 0.1) is 0 Å². The molecule has 0 aromatic carbocycles. The van der Waals surface area contributed by atoms with Crippen molar-refractivity contribution in [1.82, 2.24) is 8.97 Å². The first kappa shape index (κ1) is 9.21. The average Bonchev–Trinajstić information content (AvgIpc) is 2.50. The zero-order valence-electron chi connectivity index (χ0n) is 7.93. The minimum Gasteiger partial charge on any atom is -0.269 e. The quantitative estimate of drug-likeness (QED) is 0.707. The molecule has 0 radical (unpaired) electrons. The van der Waals surface area contributed by atoms with Crippen LogP contribution in [-0.4, -0.2) is 8.97 Å². The summed E-state index contributed by atoms with van der Waals surface area (Å²) in [6, 6.07) is 1.39. The van der Waals surface area contributed by atoms with Crippen molar-refractivity contribution in [2.75, 3.05) is 0 Å². The zero-order valence-corrected chi connectivity index (χ0v) is 8.75. The van der Waals surface area contributed by atoms with Crippen molar-refractivity contribution in [3.8, 4) is 0 Å². The highest BCUT2D eigenvalue weighted by Crippen LogP contribution is 2.06. The third-order valence-electron chi connectivity index (χ3n) is 2.05. The predicted octanol–water partition coefficient (Wildman–Crippen LogP) is 1.10. The Morgan fingerprint density at radius 3 is 2.71 bits per heavy atom. The highest BCUT2D eigenvalue weighted by Gasteiger charge is 2.08. The molecule has 4 nitrogen and oxygen atoms in total. The summed E-state index contributed by atoms with van der Waals surface area (Å²) in [5.74, 6) is 0. The minimum atomic E-state index is -0.260. The monoisotopic (exact) mass is 210 g/mol. The van der Waals surface area contributed by atoms with Gasteiger partial charge in [0.2, 0.25) is 0 Å². The van der Waals surface area contributed by atoms with Crippen LogP contribution in [0, 0.1) is 0 Å². The molecule has 0 saturated carbocycles. The molecular formula is C9H10N2O2S. The van der Waals surface area contributed by atoms with Gasteiger partial charge in [0.15, 0.2) is 0 Å². The van der Waals surface area contributed by atoms with Crippen molar-refractivity contribution in [3.05, 3.63) is 38.5 Å². The SMILES string of the molecule is CC(C)n1c(=O)cc2sccn2c1=O.